The van der Waals surface area contributed by atoms with Crippen molar-refractivity contribution in [2.24, 2.45) is 0 Å². The Labute approximate surface area is 149 Å². The number of aryl methyl sites for hydroxylation is 1. The number of sulfone groups is 1. The Morgan fingerprint density at radius 3 is 2.76 bits per heavy atom. The van der Waals surface area contributed by atoms with E-state index in [1.54, 1.807) is 12.1 Å². The van der Waals surface area contributed by atoms with E-state index in [1.165, 1.54) is 0 Å². The first-order valence-corrected chi connectivity index (χ1v) is 10.2. The van der Waals surface area contributed by atoms with E-state index < -0.39 is 21.5 Å². The molecule has 0 bridgehead atoms. The summed E-state index contributed by atoms with van der Waals surface area (Å²) in [7, 11) is -3.28. The maximum Gasteiger partial charge on any atom is 0.407 e. The number of carbonyl (C=O) groups is 1. The van der Waals surface area contributed by atoms with Crippen LogP contribution in [0.2, 0.25) is 0 Å². The van der Waals surface area contributed by atoms with Crippen molar-refractivity contribution in [1.29, 1.82) is 0 Å². The second kappa shape index (κ2) is 7.64. The van der Waals surface area contributed by atoms with Crippen molar-refractivity contribution in [2.75, 3.05) is 12.3 Å². The lowest BCUT2D eigenvalue weighted by Gasteiger charge is -2.19. The van der Waals surface area contributed by atoms with Crippen molar-refractivity contribution in [3.05, 3.63) is 23.8 Å². The third-order valence-electron chi connectivity index (χ3n) is 3.77. The van der Waals surface area contributed by atoms with Gasteiger partial charge in [0, 0.05) is 6.54 Å². The van der Waals surface area contributed by atoms with Crippen LogP contribution in [-0.4, -0.2) is 38.5 Å². The fraction of sp³-hybridized carbons (Fsp3) is 0.611. The first-order valence-electron chi connectivity index (χ1n) is 8.56. The second-order valence-corrected chi connectivity index (χ2v) is 9.43. The first-order chi connectivity index (χ1) is 11.6. The molecule has 6 nitrogen and oxygen atoms in total. The predicted molar refractivity (Wildman–Crippen MR) is 95.8 cm³/mol. The van der Waals surface area contributed by atoms with Gasteiger partial charge in [-0.2, -0.15) is 0 Å². The number of carbonyl (C=O) groups excluding carboxylic acids is 1. The quantitative estimate of drug-likeness (QED) is 0.825. The van der Waals surface area contributed by atoms with Gasteiger partial charge < -0.3 is 14.8 Å². The molecule has 0 saturated carbocycles. The molecule has 140 valence electrons. The smallest absolute Gasteiger partial charge is 0.407 e. The van der Waals surface area contributed by atoms with Crippen molar-refractivity contribution in [3.8, 4) is 5.75 Å². The summed E-state index contributed by atoms with van der Waals surface area (Å²) in [5.41, 5.74) is 0.467. The van der Waals surface area contributed by atoms with Crippen molar-refractivity contribution in [1.82, 2.24) is 5.32 Å². The average molecular weight is 369 g/mol. The minimum Gasteiger partial charge on any atom is -0.489 e. The number of hydrogen-bond acceptors (Lipinski definition) is 5. The minimum absolute atomic E-state index is 0.111. The van der Waals surface area contributed by atoms with Crippen molar-refractivity contribution >= 4 is 15.9 Å². The van der Waals surface area contributed by atoms with E-state index in [9.17, 15) is 13.2 Å². The molecule has 0 spiro atoms. The zero-order valence-electron chi connectivity index (χ0n) is 15.3. The molecule has 25 heavy (non-hydrogen) atoms. The fourth-order valence-corrected chi connectivity index (χ4v) is 4.11. The Hall–Kier alpha value is -1.76. The maximum absolute atomic E-state index is 12.3. The lowest BCUT2D eigenvalue weighted by Crippen LogP contribution is -2.33. The summed E-state index contributed by atoms with van der Waals surface area (Å²) in [5, 5.41) is 2.71. The van der Waals surface area contributed by atoms with Gasteiger partial charge in [-0.3, -0.25) is 0 Å². The van der Waals surface area contributed by atoms with E-state index in [0.717, 1.165) is 12.0 Å². The average Bonchev–Trinajstić information content (AvgIpc) is 2.58. The Morgan fingerprint density at radius 2 is 2.08 bits per heavy atom. The van der Waals surface area contributed by atoms with E-state index >= 15 is 0 Å². The zero-order valence-corrected chi connectivity index (χ0v) is 16.1. The monoisotopic (exact) mass is 369 g/mol. The zero-order chi connectivity index (χ0) is 18.7. The number of alkyl carbamates (subject to hydrolysis) is 1. The number of fused-ring (bicyclic) bond motifs is 1. The summed E-state index contributed by atoms with van der Waals surface area (Å²) < 4.78 is 35.5. The number of hydrogen-bond donors (Lipinski definition) is 1. The summed E-state index contributed by atoms with van der Waals surface area (Å²) in [6.07, 6.45) is 1.37. The molecule has 0 saturated heterocycles. The molecule has 0 radical (unpaired) electrons. The number of amides is 1. The highest BCUT2D eigenvalue weighted by molar-refractivity contribution is 7.91. The lowest BCUT2D eigenvalue weighted by atomic mass is 10.1. The summed E-state index contributed by atoms with van der Waals surface area (Å²) in [6, 6.07) is 5.23. The summed E-state index contributed by atoms with van der Waals surface area (Å²) >= 11 is 0. The van der Waals surface area contributed by atoms with Crippen LogP contribution >= 0.6 is 0 Å². The molecule has 1 amide bonds. The molecule has 0 aliphatic carbocycles. The van der Waals surface area contributed by atoms with E-state index in [0.29, 0.717) is 25.1 Å². The Morgan fingerprint density at radius 1 is 1.36 bits per heavy atom. The minimum atomic E-state index is -3.28. The Balaban J connectivity index is 1.93. The van der Waals surface area contributed by atoms with Gasteiger partial charge in [-0.1, -0.05) is 6.07 Å². The van der Waals surface area contributed by atoms with Crippen LogP contribution in [0, 0.1) is 0 Å². The SMILES string of the molecule is C[C@@H]1CCS(=O)(=O)c2ccc(CCCNC(=O)OC(C)(C)C)cc2O1. The molecule has 1 N–H and O–H groups in total. The summed E-state index contributed by atoms with van der Waals surface area (Å²) in [4.78, 5) is 11.9. The van der Waals surface area contributed by atoms with Crippen molar-refractivity contribution < 1.29 is 22.7 Å². The molecule has 0 unspecified atom stereocenters. The maximum atomic E-state index is 12.3. The van der Waals surface area contributed by atoms with Crippen LogP contribution in [-0.2, 0) is 21.0 Å². The third kappa shape index (κ3) is 5.92. The van der Waals surface area contributed by atoms with Crippen LogP contribution in [0.5, 0.6) is 5.75 Å². The molecule has 0 aromatic heterocycles. The van der Waals surface area contributed by atoms with Crippen LogP contribution in [0.3, 0.4) is 0 Å². The highest BCUT2D eigenvalue weighted by Crippen LogP contribution is 2.31. The standard InChI is InChI=1S/C18H27NO5S/c1-13-9-11-25(21,22)16-8-7-14(12-15(16)23-13)6-5-10-19-17(20)24-18(2,3)4/h7-8,12-13H,5-6,9-11H2,1-4H3,(H,19,20)/t13-/m1/s1. The van der Waals surface area contributed by atoms with Gasteiger partial charge in [-0.15, -0.1) is 0 Å². The van der Waals surface area contributed by atoms with E-state index in [4.69, 9.17) is 9.47 Å². The number of rotatable bonds is 4. The second-order valence-electron chi connectivity index (χ2n) is 7.35. The molecule has 2 rings (SSSR count). The van der Waals surface area contributed by atoms with Crippen LogP contribution in [0.1, 0.15) is 46.1 Å². The summed E-state index contributed by atoms with van der Waals surface area (Å²) in [6.45, 7) is 7.82. The molecule has 1 aromatic rings. The highest BCUT2D eigenvalue weighted by atomic mass is 32.2. The number of ether oxygens (including phenoxy) is 2. The molecule has 0 fully saturated rings. The molecule has 1 aromatic carbocycles. The van der Waals surface area contributed by atoms with Crippen LogP contribution in [0.15, 0.2) is 23.1 Å². The molecular formula is C18H27NO5S. The topological polar surface area (TPSA) is 81.7 Å². The highest BCUT2D eigenvalue weighted by Gasteiger charge is 2.26. The lowest BCUT2D eigenvalue weighted by molar-refractivity contribution is 0.0527. The predicted octanol–water partition coefficient (Wildman–Crippen LogP) is 3.09. The van der Waals surface area contributed by atoms with Gasteiger partial charge in [0.05, 0.1) is 11.9 Å². The molecular weight excluding hydrogens is 342 g/mol. The van der Waals surface area contributed by atoms with Crippen LogP contribution < -0.4 is 10.1 Å². The molecule has 1 aliphatic rings. The van der Waals surface area contributed by atoms with Gasteiger partial charge in [0.25, 0.3) is 0 Å². The van der Waals surface area contributed by atoms with Crippen molar-refractivity contribution in [3.63, 3.8) is 0 Å². The van der Waals surface area contributed by atoms with Gasteiger partial charge in [-0.05, 0) is 64.7 Å². The van der Waals surface area contributed by atoms with Gasteiger partial charge >= 0.3 is 6.09 Å². The van der Waals surface area contributed by atoms with Gasteiger partial charge in [0.15, 0.2) is 9.84 Å². The van der Waals surface area contributed by atoms with E-state index in [2.05, 4.69) is 5.32 Å². The molecule has 1 heterocycles. The fourth-order valence-electron chi connectivity index (χ4n) is 2.56. The largest absolute Gasteiger partial charge is 0.489 e. The van der Waals surface area contributed by atoms with Crippen LogP contribution in [0.4, 0.5) is 4.79 Å². The van der Waals surface area contributed by atoms with Gasteiger partial charge in [-0.25, -0.2) is 13.2 Å². The molecule has 1 atom stereocenters. The number of nitrogens with one attached hydrogen (secondary N) is 1. The van der Waals surface area contributed by atoms with Crippen LogP contribution in [0.25, 0.3) is 0 Å². The normalized spacial score (nSPS) is 19.3. The molecule has 7 heteroatoms. The Bertz CT molecular complexity index is 721. The number of benzene rings is 1. The van der Waals surface area contributed by atoms with Gasteiger partial charge in [0.1, 0.15) is 16.2 Å². The third-order valence-corrected chi connectivity index (χ3v) is 5.56. The Kier molecular flexibility index (Phi) is 5.98. The molecule has 1 aliphatic heterocycles. The van der Waals surface area contributed by atoms with Gasteiger partial charge in [0.2, 0.25) is 0 Å². The van der Waals surface area contributed by atoms with Crippen molar-refractivity contribution in [2.45, 2.75) is 63.6 Å². The van der Waals surface area contributed by atoms with E-state index in [-0.39, 0.29) is 16.8 Å². The van der Waals surface area contributed by atoms with E-state index in [1.807, 2.05) is 33.8 Å². The summed E-state index contributed by atoms with van der Waals surface area (Å²) in [5.74, 6) is 0.544. The first kappa shape index (κ1) is 19.6.